The summed E-state index contributed by atoms with van der Waals surface area (Å²) >= 11 is 15.6. The van der Waals surface area contributed by atoms with E-state index >= 15 is 0 Å². The fraction of sp³-hybridized carbons (Fsp3) is 1.00. The van der Waals surface area contributed by atoms with Crippen molar-refractivity contribution in [2.45, 2.75) is 19.7 Å². The van der Waals surface area contributed by atoms with E-state index in [1.807, 2.05) is 0 Å². The van der Waals surface area contributed by atoms with Crippen LogP contribution in [0.4, 0.5) is 0 Å². The third-order valence-corrected chi connectivity index (χ3v) is 0. The Morgan fingerprint density at radius 2 is 0.750 bits per heavy atom. The van der Waals surface area contributed by atoms with E-state index in [2.05, 4.69) is 0 Å². The Labute approximate surface area is 147 Å². The minimum absolute atomic E-state index is 0. The Morgan fingerprint density at radius 3 is 0.750 bits per heavy atom. The zero-order valence-electron chi connectivity index (χ0n) is 7.28. The molecule has 0 rings (SSSR count). The fourth-order valence-corrected chi connectivity index (χ4v) is 0. The molecule has 0 amide bonds. The third-order valence-electron chi connectivity index (χ3n) is 0. The SMILES string of the molecule is C.C[Si](Cl)(Cl)Cl.[CH3][Ge]([Cl])([Cl])[Cl].[Cl][Ge]([Cl])([Cl])[Cl]. The topological polar surface area (TPSA) is 0 Å². The zero-order chi connectivity index (χ0) is 13.5. The van der Waals surface area contributed by atoms with E-state index in [0.29, 0.717) is 0 Å². The molecule has 0 nitrogen and oxygen atoms in total. The maximum atomic E-state index is 5.25. The molecule has 0 unspecified atom stereocenters. The summed E-state index contributed by atoms with van der Waals surface area (Å²) in [6.07, 6.45) is 0. The number of hydrogen-bond donors (Lipinski definition) is 0. The van der Waals surface area contributed by atoms with Crippen LogP contribution in [0.15, 0.2) is 0 Å². The van der Waals surface area contributed by atoms with Crippen molar-refractivity contribution < 1.29 is 0 Å². The monoisotopic (exact) mass is 572 g/mol. The van der Waals surface area contributed by atoms with Gasteiger partial charge < -0.3 is 0 Å². The summed E-state index contributed by atoms with van der Waals surface area (Å²) < 4.78 is 0. The minimum atomic E-state index is -3.11. The molecule has 0 atom stereocenters. The summed E-state index contributed by atoms with van der Waals surface area (Å²) in [5.74, 6) is 1.67. The van der Waals surface area contributed by atoms with Crippen LogP contribution in [-0.2, 0) is 0 Å². The first-order chi connectivity index (χ1) is 6.00. The van der Waals surface area contributed by atoms with Crippen LogP contribution in [0, 0.1) is 0 Å². The van der Waals surface area contributed by atoms with Crippen LogP contribution in [0.3, 0.4) is 0 Å². The van der Waals surface area contributed by atoms with Gasteiger partial charge >= 0.3 is 102 Å². The molecule has 0 aliphatic heterocycles. The summed E-state index contributed by atoms with van der Waals surface area (Å²) in [6.45, 7) is 1.62. The molecule has 104 valence electrons. The molecule has 0 radical (unpaired) electrons. The van der Waals surface area contributed by atoms with Gasteiger partial charge in [0, 0.05) is 0 Å². The molecule has 0 spiro atoms. The van der Waals surface area contributed by atoms with Crippen LogP contribution in [0.25, 0.3) is 0 Å². The van der Waals surface area contributed by atoms with Gasteiger partial charge in [0.1, 0.15) is 0 Å². The molecule has 0 aliphatic carbocycles. The van der Waals surface area contributed by atoms with Gasteiger partial charge in [0.25, 0.3) is 0 Å². The average molecular weight is 574 g/mol. The van der Waals surface area contributed by atoms with Gasteiger partial charge in [-0.3, -0.25) is 0 Å². The Morgan fingerprint density at radius 1 is 0.750 bits per heavy atom. The molecule has 0 fully saturated rings. The molecule has 0 aromatic carbocycles. The van der Waals surface area contributed by atoms with Crippen molar-refractivity contribution in [2.75, 3.05) is 0 Å². The molecule has 0 N–H and O–H groups in total. The Balaban J connectivity index is -0.0000000655. The van der Waals surface area contributed by atoms with Crippen LogP contribution >= 0.6 is 103 Å². The average Bonchev–Trinajstić information content (AvgIpc) is 1.41. The normalized spacial score (nSPS) is 11.2. The van der Waals surface area contributed by atoms with Gasteiger partial charge in [0.05, 0.1) is 0 Å². The van der Waals surface area contributed by atoms with E-state index < -0.39 is 26.0 Å². The second-order valence-electron chi connectivity index (χ2n) is 1.99. The summed E-state index contributed by atoms with van der Waals surface area (Å²) in [6, 6.07) is -2.19. The van der Waals surface area contributed by atoms with Gasteiger partial charge in [-0.2, -0.15) is 0 Å². The first-order valence-corrected chi connectivity index (χ1v) is 29.8. The van der Waals surface area contributed by atoms with Gasteiger partial charge in [-0.1, -0.05) is 7.43 Å². The number of halogens is 10. The summed E-state index contributed by atoms with van der Waals surface area (Å²) in [7, 11) is 30.1. The van der Waals surface area contributed by atoms with Crippen LogP contribution in [0.5, 0.6) is 0 Å². The number of rotatable bonds is 0. The van der Waals surface area contributed by atoms with Crippen molar-refractivity contribution in [3.8, 4) is 0 Å². The first kappa shape index (κ1) is 28.4. The van der Waals surface area contributed by atoms with E-state index in [-0.39, 0.29) is 7.43 Å². The van der Waals surface area contributed by atoms with E-state index in [1.165, 1.54) is 0 Å². The Hall–Kier alpha value is 4.20. The maximum absolute atomic E-state index is 5.25. The van der Waals surface area contributed by atoms with Crippen molar-refractivity contribution in [3.63, 3.8) is 0 Å². The summed E-state index contributed by atoms with van der Waals surface area (Å²) in [5.41, 5.74) is 0. The van der Waals surface area contributed by atoms with Crippen molar-refractivity contribution in [1.29, 1.82) is 0 Å². The molecule has 13 heteroatoms. The van der Waals surface area contributed by atoms with Gasteiger partial charge in [-0.05, 0) is 6.55 Å². The van der Waals surface area contributed by atoms with Gasteiger partial charge in [0.15, 0.2) is 0 Å². The molecule has 0 saturated carbocycles. The zero-order valence-corrected chi connectivity index (χ0v) is 20.0. The molecular formula is C3H10Cl10Ge2Si. The Bertz CT molecular complexity index is 99.1. The van der Waals surface area contributed by atoms with Crippen molar-refractivity contribution in [3.05, 3.63) is 0 Å². The van der Waals surface area contributed by atoms with Gasteiger partial charge in [0.2, 0.25) is 0 Å². The first-order valence-electron chi connectivity index (χ1n) is 2.89. The summed E-state index contributed by atoms with van der Waals surface area (Å²) in [4.78, 5) is 0. The predicted octanol–water partition coefficient (Wildman–Crippen LogP) is 7.56. The molecule has 0 aromatic heterocycles. The summed E-state index contributed by atoms with van der Waals surface area (Å²) in [5, 5.41) is 0. The van der Waals surface area contributed by atoms with Crippen LogP contribution in [-0.4, -0.2) is 26.0 Å². The second-order valence-corrected chi connectivity index (χ2v) is 49.8. The van der Waals surface area contributed by atoms with Crippen molar-refractivity contribution >= 4 is 129 Å². The van der Waals surface area contributed by atoms with Crippen LogP contribution < -0.4 is 0 Å². The predicted molar refractivity (Wildman–Crippen MR) is 94.3 cm³/mol. The number of hydrogen-bond acceptors (Lipinski definition) is 0. The van der Waals surface area contributed by atoms with E-state index in [0.717, 1.165) is 0 Å². The molecular weight excluding hydrogens is 564 g/mol. The van der Waals surface area contributed by atoms with Crippen molar-refractivity contribution in [2.24, 2.45) is 0 Å². The molecule has 0 aliphatic rings. The Kier molecular flexibility index (Phi) is 22.9. The van der Waals surface area contributed by atoms with Crippen LogP contribution in [0.1, 0.15) is 7.43 Å². The molecule has 0 saturated heterocycles. The van der Waals surface area contributed by atoms with E-state index in [4.69, 9.17) is 103 Å². The van der Waals surface area contributed by atoms with E-state index in [1.54, 1.807) is 12.3 Å². The molecule has 16 heavy (non-hydrogen) atoms. The van der Waals surface area contributed by atoms with E-state index in [9.17, 15) is 0 Å². The molecule has 0 bridgehead atoms. The van der Waals surface area contributed by atoms with Crippen molar-refractivity contribution in [1.82, 2.24) is 0 Å². The molecule has 0 heterocycles. The van der Waals surface area contributed by atoms with Gasteiger partial charge in [-0.15, -0.1) is 33.2 Å². The quantitative estimate of drug-likeness (QED) is 0.207. The van der Waals surface area contributed by atoms with Crippen LogP contribution in [0.2, 0.25) is 12.3 Å². The second kappa shape index (κ2) is 12.9. The third kappa shape index (κ3) is 305. The van der Waals surface area contributed by atoms with Gasteiger partial charge in [-0.25, -0.2) is 0 Å². The fourth-order valence-electron chi connectivity index (χ4n) is 0. The molecule has 0 aromatic rings. The standard InChI is InChI=1S/CH3Cl3Ge.CH3Cl3Si.CH4.Cl4Ge/c2*1-5(2,3)4;;1-5(2,3)4/h2*1H3;1H4;.